The van der Waals surface area contributed by atoms with E-state index < -0.39 is 5.25 Å². The van der Waals surface area contributed by atoms with Gasteiger partial charge in [-0.2, -0.15) is 5.26 Å². The fourth-order valence-electron chi connectivity index (χ4n) is 3.22. The molecular weight excluding hydrogens is 437 g/mol. The summed E-state index contributed by atoms with van der Waals surface area (Å²) in [5.41, 5.74) is 2.81. The van der Waals surface area contributed by atoms with E-state index >= 15 is 0 Å². The largest absolute Gasteiger partial charge is 0.325 e. The van der Waals surface area contributed by atoms with Crippen LogP contribution in [0.15, 0.2) is 84.0 Å². The van der Waals surface area contributed by atoms with Crippen LogP contribution in [0, 0.1) is 17.1 Å². The highest BCUT2D eigenvalue weighted by molar-refractivity contribution is 8.00. The van der Waals surface area contributed by atoms with Crippen LogP contribution in [0.3, 0.4) is 0 Å². The molecule has 1 atom stereocenters. The molecule has 6 nitrogen and oxygen atoms in total. The molecule has 1 N–H and O–H groups in total. The van der Waals surface area contributed by atoms with Gasteiger partial charge in [-0.3, -0.25) is 9.36 Å². The van der Waals surface area contributed by atoms with Gasteiger partial charge >= 0.3 is 0 Å². The number of hydrogen-bond donors (Lipinski definition) is 1. The minimum Gasteiger partial charge on any atom is -0.325 e. The summed E-state index contributed by atoms with van der Waals surface area (Å²) in [6.07, 6.45) is 0. The van der Waals surface area contributed by atoms with E-state index in [0.717, 1.165) is 11.1 Å². The minimum atomic E-state index is -0.476. The van der Waals surface area contributed by atoms with Gasteiger partial charge < -0.3 is 5.32 Å². The van der Waals surface area contributed by atoms with Crippen LogP contribution in [0.25, 0.3) is 11.4 Å². The van der Waals surface area contributed by atoms with Gasteiger partial charge in [-0.05, 0) is 55.0 Å². The van der Waals surface area contributed by atoms with Crippen molar-refractivity contribution in [3.8, 4) is 17.5 Å². The van der Waals surface area contributed by atoms with Gasteiger partial charge in [0.15, 0.2) is 11.0 Å². The van der Waals surface area contributed by atoms with Crippen molar-refractivity contribution < 1.29 is 9.18 Å². The third kappa shape index (κ3) is 5.45. The van der Waals surface area contributed by atoms with Crippen LogP contribution in [0.2, 0.25) is 0 Å². The molecule has 0 bridgehead atoms. The fourth-order valence-corrected chi connectivity index (χ4v) is 4.07. The van der Waals surface area contributed by atoms with E-state index in [0.29, 0.717) is 28.8 Å². The van der Waals surface area contributed by atoms with Crippen LogP contribution in [0.5, 0.6) is 0 Å². The summed E-state index contributed by atoms with van der Waals surface area (Å²) in [6, 6.07) is 24.8. The second kappa shape index (κ2) is 10.1. The normalized spacial score (nSPS) is 11.5. The molecule has 0 fully saturated rings. The average Bonchev–Trinajstić information content (AvgIpc) is 3.22. The molecular formula is C25H20FN5OS. The van der Waals surface area contributed by atoms with E-state index in [-0.39, 0.29) is 11.7 Å². The number of carbonyl (C=O) groups excluding carboxylic acids is 1. The number of rotatable bonds is 7. The number of anilines is 1. The number of benzene rings is 3. The number of thioether (sulfide) groups is 1. The van der Waals surface area contributed by atoms with Gasteiger partial charge in [-0.1, -0.05) is 48.2 Å². The first-order chi connectivity index (χ1) is 16.0. The zero-order valence-electron chi connectivity index (χ0n) is 17.8. The number of carbonyl (C=O) groups is 1. The Morgan fingerprint density at radius 2 is 1.85 bits per heavy atom. The van der Waals surface area contributed by atoms with Crippen molar-refractivity contribution >= 4 is 23.4 Å². The van der Waals surface area contributed by atoms with Crippen LogP contribution in [0.4, 0.5) is 10.1 Å². The van der Waals surface area contributed by atoms with E-state index in [1.807, 2.05) is 34.9 Å². The van der Waals surface area contributed by atoms with E-state index in [1.165, 1.54) is 23.9 Å². The first-order valence-corrected chi connectivity index (χ1v) is 11.1. The van der Waals surface area contributed by atoms with E-state index in [4.69, 9.17) is 5.26 Å². The molecule has 4 rings (SSSR count). The molecule has 33 heavy (non-hydrogen) atoms. The molecule has 1 heterocycles. The van der Waals surface area contributed by atoms with Crippen molar-refractivity contribution in [3.63, 3.8) is 0 Å². The van der Waals surface area contributed by atoms with E-state index in [9.17, 15) is 9.18 Å². The maximum atomic E-state index is 13.4. The zero-order chi connectivity index (χ0) is 23.2. The van der Waals surface area contributed by atoms with E-state index in [2.05, 4.69) is 21.6 Å². The Morgan fingerprint density at radius 1 is 1.09 bits per heavy atom. The van der Waals surface area contributed by atoms with Crippen LogP contribution in [0.1, 0.15) is 18.1 Å². The maximum Gasteiger partial charge on any atom is 0.237 e. The Morgan fingerprint density at radius 3 is 2.58 bits per heavy atom. The van der Waals surface area contributed by atoms with Gasteiger partial charge in [0.05, 0.1) is 23.4 Å². The lowest BCUT2D eigenvalue weighted by atomic mass is 10.2. The zero-order valence-corrected chi connectivity index (χ0v) is 18.6. The molecule has 164 valence electrons. The van der Waals surface area contributed by atoms with Crippen molar-refractivity contribution in [1.82, 2.24) is 14.8 Å². The number of nitriles is 1. The van der Waals surface area contributed by atoms with Gasteiger partial charge in [0.25, 0.3) is 0 Å². The predicted octanol–water partition coefficient (Wildman–Crippen LogP) is 5.12. The van der Waals surface area contributed by atoms with Crippen molar-refractivity contribution in [2.45, 2.75) is 23.9 Å². The molecule has 0 aliphatic carbocycles. The summed E-state index contributed by atoms with van der Waals surface area (Å²) < 4.78 is 15.4. The average molecular weight is 458 g/mol. The lowest BCUT2D eigenvalue weighted by Gasteiger charge is -2.14. The smallest absolute Gasteiger partial charge is 0.237 e. The molecule has 1 unspecified atom stereocenters. The van der Waals surface area contributed by atoms with Crippen molar-refractivity contribution in [2.75, 3.05) is 5.32 Å². The van der Waals surface area contributed by atoms with Gasteiger partial charge in [-0.25, -0.2) is 4.39 Å². The predicted molar refractivity (Wildman–Crippen MR) is 126 cm³/mol. The molecule has 0 radical (unpaired) electrons. The Labute approximate surface area is 195 Å². The van der Waals surface area contributed by atoms with E-state index in [1.54, 1.807) is 43.3 Å². The molecule has 0 aliphatic heterocycles. The standard InChI is InChI=1S/C25H20FN5OS/c1-17(24(32)28-22-9-5-8-19(14-22)15-27)33-25-30-29-23(20-10-12-21(26)13-11-20)31(25)16-18-6-3-2-4-7-18/h2-14,17H,16H2,1H3,(H,28,32). The monoisotopic (exact) mass is 457 g/mol. The van der Waals surface area contributed by atoms with Crippen LogP contribution in [-0.2, 0) is 11.3 Å². The molecule has 8 heteroatoms. The summed E-state index contributed by atoms with van der Waals surface area (Å²) >= 11 is 1.28. The van der Waals surface area contributed by atoms with Gasteiger partial charge in [0, 0.05) is 11.3 Å². The molecule has 3 aromatic carbocycles. The summed E-state index contributed by atoms with van der Waals surface area (Å²) in [5.74, 6) is 0.0524. The second-order valence-corrected chi connectivity index (χ2v) is 8.63. The first kappa shape index (κ1) is 22.2. The topological polar surface area (TPSA) is 83.6 Å². The Kier molecular flexibility index (Phi) is 6.81. The highest BCUT2D eigenvalue weighted by Crippen LogP contribution is 2.28. The molecule has 4 aromatic rings. The summed E-state index contributed by atoms with van der Waals surface area (Å²) in [5, 5.41) is 20.7. The molecule has 0 saturated carbocycles. The molecule has 0 saturated heterocycles. The van der Waals surface area contributed by atoms with Gasteiger partial charge in [-0.15, -0.1) is 10.2 Å². The number of halogens is 1. The number of amides is 1. The highest BCUT2D eigenvalue weighted by Gasteiger charge is 2.21. The second-order valence-electron chi connectivity index (χ2n) is 7.33. The fraction of sp³-hybridized carbons (Fsp3) is 0.120. The summed E-state index contributed by atoms with van der Waals surface area (Å²) in [7, 11) is 0. The lowest BCUT2D eigenvalue weighted by molar-refractivity contribution is -0.115. The Bertz CT molecular complexity index is 1300. The minimum absolute atomic E-state index is 0.215. The maximum absolute atomic E-state index is 13.4. The molecule has 0 aliphatic rings. The third-order valence-electron chi connectivity index (χ3n) is 4.91. The first-order valence-electron chi connectivity index (χ1n) is 10.2. The summed E-state index contributed by atoms with van der Waals surface area (Å²) in [6.45, 7) is 2.29. The quantitative estimate of drug-likeness (QED) is 0.389. The van der Waals surface area contributed by atoms with Crippen LogP contribution >= 0.6 is 11.8 Å². The van der Waals surface area contributed by atoms with Crippen molar-refractivity contribution in [1.29, 1.82) is 5.26 Å². The Balaban J connectivity index is 1.59. The number of aromatic nitrogens is 3. The van der Waals surface area contributed by atoms with Gasteiger partial charge in [0.2, 0.25) is 5.91 Å². The van der Waals surface area contributed by atoms with Crippen molar-refractivity contribution in [3.05, 3.63) is 95.8 Å². The number of nitrogens with one attached hydrogen (secondary N) is 1. The molecule has 1 aromatic heterocycles. The highest BCUT2D eigenvalue weighted by atomic mass is 32.2. The van der Waals surface area contributed by atoms with Gasteiger partial charge in [0.1, 0.15) is 5.82 Å². The lowest BCUT2D eigenvalue weighted by Crippen LogP contribution is -2.23. The third-order valence-corrected chi connectivity index (χ3v) is 5.99. The SMILES string of the molecule is CC(Sc1nnc(-c2ccc(F)cc2)n1Cc1ccccc1)C(=O)Nc1cccc(C#N)c1. The van der Waals surface area contributed by atoms with Crippen LogP contribution < -0.4 is 5.32 Å². The van der Waals surface area contributed by atoms with Crippen LogP contribution in [-0.4, -0.2) is 25.9 Å². The summed E-state index contributed by atoms with van der Waals surface area (Å²) in [4.78, 5) is 12.8. The van der Waals surface area contributed by atoms with Crippen molar-refractivity contribution in [2.24, 2.45) is 0 Å². The number of hydrogen-bond acceptors (Lipinski definition) is 5. The Hall–Kier alpha value is -3.96. The molecule has 0 spiro atoms. The number of nitrogens with zero attached hydrogens (tertiary/aromatic N) is 4. The molecule has 1 amide bonds.